The van der Waals surface area contributed by atoms with E-state index in [1.54, 1.807) is 6.07 Å². The summed E-state index contributed by atoms with van der Waals surface area (Å²) in [6.07, 6.45) is 6.31. The van der Waals surface area contributed by atoms with Crippen LogP contribution in [0.5, 0.6) is 5.75 Å². The average molecular weight is 256 g/mol. The molecule has 0 unspecified atom stereocenters. The fraction of sp³-hybridized carbons (Fsp3) is 0.571. The van der Waals surface area contributed by atoms with Gasteiger partial charge in [0.05, 0.1) is 0 Å². The summed E-state index contributed by atoms with van der Waals surface area (Å²) in [5.74, 6) is 0.903. The number of phenolic OH excluding ortho intramolecular Hbond substituents is 1. The van der Waals surface area contributed by atoms with Crippen LogP contribution in [0.1, 0.15) is 49.3 Å². The van der Waals surface area contributed by atoms with Gasteiger partial charge in [0.2, 0.25) is 0 Å². The Bertz CT molecular complexity index is 361. The first-order chi connectivity index (χ1) is 7.68. The number of benzene rings is 1. The van der Waals surface area contributed by atoms with Crippen LogP contribution in [-0.2, 0) is 0 Å². The molecular weight excluding hydrogens is 234 g/mol. The second-order valence-electron chi connectivity index (χ2n) is 4.99. The van der Waals surface area contributed by atoms with E-state index in [0.29, 0.717) is 11.7 Å². The number of rotatable bonds is 2. The van der Waals surface area contributed by atoms with E-state index in [2.05, 4.69) is 0 Å². The lowest BCUT2D eigenvalue weighted by molar-refractivity contribution is 0.303. The predicted molar refractivity (Wildman–Crippen MR) is 73.6 cm³/mol. The van der Waals surface area contributed by atoms with Crippen molar-refractivity contribution in [3.8, 4) is 5.75 Å². The fourth-order valence-corrected chi connectivity index (χ4v) is 2.68. The number of hydrogen-bond donors (Lipinski definition) is 2. The van der Waals surface area contributed by atoms with E-state index in [4.69, 9.17) is 5.73 Å². The summed E-state index contributed by atoms with van der Waals surface area (Å²) in [6, 6.07) is 5.81. The van der Waals surface area contributed by atoms with Crippen molar-refractivity contribution in [3.63, 3.8) is 0 Å². The van der Waals surface area contributed by atoms with Crippen molar-refractivity contribution < 1.29 is 5.11 Å². The fourth-order valence-electron chi connectivity index (χ4n) is 2.68. The van der Waals surface area contributed by atoms with Crippen molar-refractivity contribution in [3.05, 3.63) is 29.3 Å². The molecule has 1 aliphatic rings. The Kier molecular flexibility index (Phi) is 5.29. The Morgan fingerprint density at radius 3 is 2.47 bits per heavy atom. The molecule has 1 aliphatic carbocycles. The number of aromatic hydroxyl groups is 1. The third-order valence-electron chi connectivity index (χ3n) is 3.70. The zero-order valence-electron chi connectivity index (χ0n) is 10.4. The van der Waals surface area contributed by atoms with Crippen molar-refractivity contribution >= 4 is 12.4 Å². The smallest absolute Gasteiger partial charge is 0.120 e. The van der Waals surface area contributed by atoms with Gasteiger partial charge in [-0.25, -0.2) is 0 Å². The van der Waals surface area contributed by atoms with Crippen LogP contribution >= 0.6 is 12.4 Å². The van der Waals surface area contributed by atoms with Gasteiger partial charge in [-0.15, -0.1) is 12.4 Å². The highest BCUT2D eigenvalue weighted by molar-refractivity contribution is 5.85. The second-order valence-corrected chi connectivity index (χ2v) is 4.99. The van der Waals surface area contributed by atoms with Gasteiger partial charge < -0.3 is 10.8 Å². The van der Waals surface area contributed by atoms with Crippen molar-refractivity contribution in [1.82, 2.24) is 0 Å². The summed E-state index contributed by atoms with van der Waals surface area (Å²) >= 11 is 0. The summed E-state index contributed by atoms with van der Waals surface area (Å²) in [4.78, 5) is 0. The number of phenols is 1. The molecule has 2 rings (SSSR count). The minimum atomic E-state index is 0. The molecule has 1 aromatic carbocycles. The standard InChI is InChI=1S/C14H21NO.ClH/c1-10-7-8-12(13(16)9-10)14(15)11-5-3-2-4-6-11;/h7-9,11,14,16H,2-6,15H2,1H3;1H/t14-;/m1./s1. The normalized spacial score (nSPS) is 18.5. The van der Waals surface area contributed by atoms with Crippen molar-refractivity contribution in [2.45, 2.75) is 45.1 Å². The van der Waals surface area contributed by atoms with Crippen LogP contribution in [-0.4, -0.2) is 5.11 Å². The summed E-state index contributed by atoms with van der Waals surface area (Å²) in [7, 11) is 0. The third-order valence-corrected chi connectivity index (χ3v) is 3.70. The van der Waals surface area contributed by atoms with Gasteiger partial charge in [-0.1, -0.05) is 31.4 Å². The highest BCUT2D eigenvalue weighted by atomic mass is 35.5. The lowest BCUT2D eigenvalue weighted by Gasteiger charge is -2.28. The van der Waals surface area contributed by atoms with Gasteiger partial charge in [-0.3, -0.25) is 0 Å². The molecule has 1 saturated carbocycles. The molecule has 0 amide bonds. The van der Waals surface area contributed by atoms with Crippen LogP contribution in [0.15, 0.2) is 18.2 Å². The monoisotopic (exact) mass is 255 g/mol. The first-order valence-corrected chi connectivity index (χ1v) is 6.23. The topological polar surface area (TPSA) is 46.2 Å². The maximum absolute atomic E-state index is 9.91. The van der Waals surface area contributed by atoms with Crippen LogP contribution in [0.2, 0.25) is 0 Å². The van der Waals surface area contributed by atoms with E-state index in [0.717, 1.165) is 11.1 Å². The van der Waals surface area contributed by atoms with Gasteiger partial charge in [0.15, 0.2) is 0 Å². The van der Waals surface area contributed by atoms with Crippen LogP contribution in [0, 0.1) is 12.8 Å². The number of aryl methyl sites for hydroxylation is 1. The summed E-state index contributed by atoms with van der Waals surface area (Å²) in [5, 5.41) is 9.91. The molecule has 1 fully saturated rings. The second kappa shape index (κ2) is 6.27. The zero-order valence-corrected chi connectivity index (χ0v) is 11.2. The molecule has 1 atom stereocenters. The molecule has 96 valence electrons. The molecule has 0 aromatic heterocycles. The molecule has 3 heteroatoms. The van der Waals surface area contributed by atoms with Crippen LogP contribution in [0.25, 0.3) is 0 Å². The molecule has 17 heavy (non-hydrogen) atoms. The molecule has 3 N–H and O–H groups in total. The van der Waals surface area contributed by atoms with Gasteiger partial charge in [-0.05, 0) is 37.3 Å². The maximum atomic E-state index is 9.91. The van der Waals surface area contributed by atoms with Crippen molar-refractivity contribution in [1.29, 1.82) is 0 Å². The zero-order chi connectivity index (χ0) is 11.5. The van der Waals surface area contributed by atoms with Crippen LogP contribution in [0.4, 0.5) is 0 Å². The highest BCUT2D eigenvalue weighted by Gasteiger charge is 2.23. The Morgan fingerprint density at radius 1 is 1.24 bits per heavy atom. The highest BCUT2D eigenvalue weighted by Crippen LogP contribution is 2.36. The van der Waals surface area contributed by atoms with Crippen molar-refractivity contribution in [2.75, 3.05) is 0 Å². The molecule has 0 radical (unpaired) electrons. The Balaban J connectivity index is 0.00000144. The quantitative estimate of drug-likeness (QED) is 0.846. The third kappa shape index (κ3) is 3.36. The minimum Gasteiger partial charge on any atom is -0.508 e. The molecule has 1 aromatic rings. The van der Waals surface area contributed by atoms with E-state index in [-0.39, 0.29) is 18.4 Å². The predicted octanol–water partition coefficient (Wildman–Crippen LogP) is 3.70. The number of halogens is 1. The van der Waals surface area contributed by atoms with Gasteiger partial charge in [-0.2, -0.15) is 0 Å². The summed E-state index contributed by atoms with van der Waals surface area (Å²) < 4.78 is 0. The number of nitrogens with two attached hydrogens (primary N) is 1. The maximum Gasteiger partial charge on any atom is 0.120 e. The average Bonchev–Trinajstić information content (AvgIpc) is 2.29. The Labute approximate surface area is 110 Å². The Hall–Kier alpha value is -0.730. The van der Waals surface area contributed by atoms with Crippen LogP contribution < -0.4 is 5.73 Å². The van der Waals surface area contributed by atoms with Crippen LogP contribution in [0.3, 0.4) is 0 Å². The minimum absolute atomic E-state index is 0. The molecule has 0 spiro atoms. The largest absolute Gasteiger partial charge is 0.508 e. The molecule has 0 aliphatic heterocycles. The molecular formula is C14H22ClNO. The van der Waals surface area contributed by atoms with Crippen molar-refractivity contribution in [2.24, 2.45) is 11.7 Å². The molecule has 0 saturated heterocycles. The van der Waals surface area contributed by atoms with E-state index in [1.165, 1.54) is 32.1 Å². The first-order valence-electron chi connectivity index (χ1n) is 6.23. The van der Waals surface area contributed by atoms with Gasteiger partial charge in [0.25, 0.3) is 0 Å². The lowest BCUT2D eigenvalue weighted by Crippen LogP contribution is -2.23. The Morgan fingerprint density at radius 2 is 1.88 bits per heavy atom. The van der Waals surface area contributed by atoms with E-state index in [1.807, 2.05) is 19.1 Å². The van der Waals surface area contributed by atoms with Gasteiger partial charge in [0, 0.05) is 11.6 Å². The molecule has 2 nitrogen and oxygen atoms in total. The summed E-state index contributed by atoms with van der Waals surface area (Å²) in [6.45, 7) is 1.98. The first kappa shape index (κ1) is 14.3. The SMILES string of the molecule is Cc1ccc([C@H](N)C2CCCCC2)c(O)c1.Cl. The van der Waals surface area contributed by atoms with E-state index < -0.39 is 0 Å². The number of hydrogen-bond acceptors (Lipinski definition) is 2. The van der Waals surface area contributed by atoms with Gasteiger partial charge in [0.1, 0.15) is 5.75 Å². The van der Waals surface area contributed by atoms with E-state index in [9.17, 15) is 5.11 Å². The molecule has 0 heterocycles. The lowest BCUT2D eigenvalue weighted by atomic mass is 9.81. The van der Waals surface area contributed by atoms with Gasteiger partial charge >= 0.3 is 0 Å². The van der Waals surface area contributed by atoms with E-state index >= 15 is 0 Å². The molecule has 0 bridgehead atoms. The summed E-state index contributed by atoms with van der Waals surface area (Å²) in [5.41, 5.74) is 8.26.